The minimum Gasteiger partial charge on any atom is -0.495 e. The van der Waals surface area contributed by atoms with Crippen molar-refractivity contribution < 1.29 is 13.2 Å². The van der Waals surface area contributed by atoms with Crippen LogP contribution in [0, 0.1) is 0 Å². The Balaban J connectivity index is 2.18. The number of nitrogens with one attached hydrogen (secondary N) is 2. The Labute approximate surface area is 130 Å². The molecule has 1 aromatic rings. The lowest BCUT2D eigenvalue weighted by atomic mass is 10.2. The van der Waals surface area contributed by atoms with Gasteiger partial charge in [-0.05, 0) is 43.8 Å². The van der Waals surface area contributed by atoms with Crippen LogP contribution < -0.4 is 14.8 Å². The molecule has 0 aliphatic heterocycles. The SMILES string of the molecule is CNCc1ccc(S(=O)(=O)NCC2(SC)CC2)c(OC)c1. The fraction of sp³-hybridized carbons (Fsp3) is 0.571. The zero-order chi connectivity index (χ0) is 15.5. The molecule has 0 bridgehead atoms. The molecule has 0 saturated heterocycles. The minimum atomic E-state index is -3.55. The van der Waals surface area contributed by atoms with Crippen molar-refractivity contribution in [3.8, 4) is 5.75 Å². The number of methoxy groups -OCH3 is 1. The molecule has 0 heterocycles. The fourth-order valence-corrected chi connectivity index (χ4v) is 4.24. The summed E-state index contributed by atoms with van der Waals surface area (Å²) in [5, 5.41) is 3.03. The lowest BCUT2D eigenvalue weighted by Crippen LogP contribution is -2.32. The Kier molecular flexibility index (Phi) is 5.19. The summed E-state index contributed by atoms with van der Waals surface area (Å²) in [6, 6.07) is 5.16. The van der Waals surface area contributed by atoms with Crippen LogP contribution in [0.1, 0.15) is 18.4 Å². The second-order valence-electron chi connectivity index (χ2n) is 5.23. The highest BCUT2D eigenvalue weighted by Gasteiger charge is 2.42. The quantitative estimate of drug-likeness (QED) is 0.758. The van der Waals surface area contributed by atoms with E-state index >= 15 is 0 Å². The highest BCUT2D eigenvalue weighted by molar-refractivity contribution is 8.00. The van der Waals surface area contributed by atoms with Crippen LogP contribution in [0.2, 0.25) is 0 Å². The van der Waals surface area contributed by atoms with Crippen molar-refractivity contribution in [2.75, 3.05) is 27.0 Å². The third-order valence-corrected chi connectivity index (χ3v) is 6.58. The summed E-state index contributed by atoms with van der Waals surface area (Å²) in [6.07, 6.45) is 4.15. The maximum atomic E-state index is 12.5. The molecular weight excluding hydrogens is 308 g/mol. The summed E-state index contributed by atoms with van der Waals surface area (Å²) in [4.78, 5) is 0.196. The van der Waals surface area contributed by atoms with E-state index in [1.54, 1.807) is 30.0 Å². The van der Waals surface area contributed by atoms with Crippen molar-refractivity contribution in [2.24, 2.45) is 0 Å². The first-order chi connectivity index (χ1) is 9.96. The topological polar surface area (TPSA) is 67.4 Å². The molecule has 21 heavy (non-hydrogen) atoms. The number of hydrogen-bond donors (Lipinski definition) is 2. The minimum absolute atomic E-state index is 0.0897. The number of rotatable bonds is 8. The molecule has 0 atom stereocenters. The lowest BCUT2D eigenvalue weighted by Gasteiger charge is -2.15. The lowest BCUT2D eigenvalue weighted by molar-refractivity contribution is 0.401. The molecule has 118 valence electrons. The van der Waals surface area contributed by atoms with E-state index in [1.165, 1.54) is 7.11 Å². The van der Waals surface area contributed by atoms with Gasteiger partial charge < -0.3 is 10.1 Å². The summed E-state index contributed by atoms with van der Waals surface area (Å²) in [5.41, 5.74) is 0.982. The van der Waals surface area contributed by atoms with Crippen molar-refractivity contribution in [2.45, 2.75) is 29.0 Å². The van der Waals surface area contributed by atoms with E-state index in [4.69, 9.17) is 4.74 Å². The highest BCUT2D eigenvalue weighted by atomic mass is 32.2. The van der Waals surface area contributed by atoms with Gasteiger partial charge in [-0.15, -0.1) is 0 Å². The molecule has 1 saturated carbocycles. The third-order valence-electron chi connectivity index (χ3n) is 3.72. The Morgan fingerprint density at radius 2 is 2.10 bits per heavy atom. The van der Waals surface area contributed by atoms with Crippen molar-refractivity contribution >= 4 is 21.8 Å². The molecule has 0 unspecified atom stereocenters. The number of ether oxygens (including phenoxy) is 1. The number of benzene rings is 1. The van der Waals surface area contributed by atoms with Gasteiger partial charge in [0, 0.05) is 17.8 Å². The second kappa shape index (κ2) is 6.56. The maximum absolute atomic E-state index is 12.5. The predicted octanol–water partition coefficient (Wildman–Crippen LogP) is 1.59. The van der Waals surface area contributed by atoms with E-state index in [0.717, 1.165) is 18.4 Å². The van der Waals surface area contributed by atoms with Crippen molar-refractivity contribution in [1.82, 2.24) is 10.0 Å². The molecule has 0 spiro atoms. The Morgan fingerprint density at radius 1 is 1.38 bits per heavy atom. The van der Waals surface area contributed by atoms with Crippen molar-refractivity contribution in [3.63, 3.8) is 0 Å². The van der Waals surface area contributed by atoms with Crippen LogP contribution in [-0.2, 0) is 16.6 Å². The highest BCUT2D eigenvalue weighted by Crippen LogP contribution is 2.46. The van der Waals surface area contributed by atoms with Crippen LogP contribution in [0.3, 0.4) is 0 Å². The normalized spacial score (nSPS) is 16.7. The molecule has 1 aliphatic carbocycles. The van der Waals surface area contributed by atoms with Gasteiger partial charge in [0.25, 0.3) is 0 Å². The van der Waals surface area contributed by atoms with Gasteiger partial charge >= 0.3 is 0 Å². The molecule has 1 aliphatic rings. The van der Waals surface area contributed by atoms with Gasteiger partial charge in [0.2, 0.25) is 10.0 Å². The number of hydrogen-bond acceptors (Lipinski definition) is 5. The van der Waals surface area contributed by atoms with Crippen LogP contribution >= 0.6 is 11.8 Å². The zero-order valence-electron chi connectivity index (χ0n) is 12.6. The molecule has 0 radical (unpaired) electrons. The predicted molar refractivity (Wildman–Crippen MR) is 86.4 cm³/mol. The molecule has 1 fully saturated rings. The van der Waals surface area contributed by atoms with Gasteiger partial charge in [-0.25, -0.2) is 13.1 Å². The summed E-state index contributed by atoms with van der Waals surface area (Å²) < 4.78 is 33.0. The summed E-state index contributed by atoms with van der Waals surface area (Å²) >= 11 is 1.73. The molecule has 5 nitrogen and oxygen atoms in total. The first-order valence-corrected chi connectivity index (χ1v) is 9.53. The van der Waals surface area contributed by atoms with Gasteiger partial charge in [-0.3, -0.25) is 0 Å². The standard InChI is InChI=1S/C14H22N2O3S2/c1-15-9-11-4-5-13(12(8-11)19-2)21(17,18)16-10-14(20-3)6-7-14/h4-5,8,15-16H,6-7,9-10H2,1-3H3. The van der Waals surface area contributed by atoms with E-state index in [0.29, 0.717) is 18.8 Å². The van der Waals surface area contributed by atoms with E-state index in [-0.39, 0.29) is 9.64 Å². The molecule has 1 aromatic carbocycles. The maximum Gasteiger partial charge on any atom is 0.244 e. The zero-order valence-corrected chi connectivity index (χ0v) is 14.2. The molecule has 2 N–H and O–H groups in total. The van der Waals surface area contributed by atoms with Crippen molar-refractivity contribution in [3.05, 3.63) is 23.8 Å². The van der Waals surface area contributed by atoms with Gasteiger partial charge in [0.15, 0.2) is 0 Å². The molecule has 0 aromatic heterocycles. The van der Waals surface area contributed by atoms with Crippen LogP contribution in [0.4, 0.5) is 0 Å². The average Bonchev–Trinajstić information content (AvgIpc) is 3.26. The first kappa shape index (κ1) is 16.6. The average molecular weight is 330 g/mol. The number of thioether (sulfide) groups is 1. The van der Waals surface area contributed by atoms with Crippen LogP contribution in [0.15, 0.2) is 23.1 Å². The molecular formula is C14H22N2O3S2. The van der Waals surface area contributed by atoms with E-state index in [1.807, 2.05) is 13.3 Å². The van der Waals surface area contributed by atoms with Gasteiger partial charge in [0.05, 0.1) is 7.11 Å². The summed E-state index contributed by atoms with van der Waals surface area (Å²) in [6.45, 7) is 1.14. The smallest absolute Gasteiger partial charge is 0.244 e. The molecule has 0 amide bonds. The van der Waals surface area contributed by atoms with Gasteiger partial charge in [0.1, 0.15) is 10.6 Å². The van der Waals surface area contributed by atoms with E-state index in [2.05, 4.69) is 10.0 Å². The van der Waals surface area contributed by atoms with Gasteiger partial charge in [-0.2, -0.15) is 11.8 Å². The van der Waals surface area contributed by atoms with E-state index in [9.17, 15) is 8.42 Å². The Hall–Kier alpha value is -0.760. The second-order valence-corrected chi connectivity index (χ2v) is 8.24. The van der Waals surface area contributed by atoms with Gasteiger partial charge in [-0.1, -0.05) is 6.07 Å². The molecule has 2 rings (SSSR count). The largest absolute Gasteiger partial charge is 0.495 e. The first-order valence-electron chi connectivity index (χ1n) is 6.83. The van der Waals surface area contributed by atoms with E-state index < -0.39 is 10.0 Å². The fourth-order valence-electron chi connectivity index (χ4n) is 2.14. The van der Waals surface area contributed by atoms with Crippen molar-refractivity contribution in [1.29, 1.82) is 0 Å². The monoisotopic (exact) mass is 330 g/mol. The van der Waals surface area contributed by atoms with Crippen LogP contribution in [-0.4, -0.2) is 40.1 Å². The third kappa shape index (κ3) is 3.91. The Morgan fingerprint density at radius 3 is 2.62 bits per heavy atom. The summed E-state index contributed by atoms with van der Waals surface area (Å²) in [5.74, 6) is 0.379. The van der Waals surface area contributed by atoms with Crippen LogP contribution in [0.5, 0.6) is 5.75 Å². The molecule has 7 heteroatoms. The Bertz CT molecular complexity index is 598. The summed E-state index contributed by atoms with van der Waals surface area (Å²) in [7, 11) is -0.215. The van der Waals surface area contributed by atoms with Crippen LogP contribution in [0.25, 0.3) is 0 Å². The number of sulfonamides is 1.